The standard InChI is InChI=1S/C41H46N8O10S3/c1-23-12-14-31(29(16-23)36(53)25-8-4-5-9-25)45-38(55)47-40-43-20-27(60-40)18-33(50)42-22-35(52)59-49(62(3,57)58)34(51)19-28-21-44-41(61-28)48-39(56)46-32-15-13-24(2)17-30(32)37(54)26-10-6-7-11-26/h12-17,20-21,25-26H,4-11,18-19,22H2,1-3H3,(H,42,50)(H2,43,45,47,55)(H2,44,46,48,56). The molecule has 5 N–H and O–H groups in total. The highest BCUT2D eigenvalue weighted by Gasteiger charge is 2.30. The van der Waals surface area contributed by atoms with Crippen LogP contribution in [0.2, 0.25) is 0 Å². The molecule has 0 aliphatic heterocycles. The first kappa shape index (κ1) is 45.5. The third-order valence-corrected chi connectivity index (χ3v) is 12.9. The number of nitrogens with zero attached hydrogens (tertiary/aromatic N) is 3. The van der Waals surface area contributed by atoms with E-state index in [9.17, 15) is 42.0 Å². The van der Waals surface area contributed by atoms with Crippen molar-refractivity contribution in [1.29, 1.82) is 0 Å². The van der Waals surface area contributed by atoms with Gasteiger partial charge < -0.3 is 20.8 Å². The predicted molar refractivity (Wildman–Crippen MR) is 233 cm³/mol. The van der Waals surface area contributed by atoms with E-state index in [2.05, 4.69) is 36.6 Å². The number of hydrogen-bond donors (Lipinski definition) is 5. The second-order valence-electron chi connectivity index (χ2n) is 15.2. The van der Waals surface area contributed by atoms with Crippen molar-refractivity contribution in [1.82, 2.24) is 19.8 Å². The summed E-state index contributed by atoms with van der Waals surface area (Å²) in [4.78, 5) is 104. The first-order valence-electron chi connectivity index (χ1n) is 19.9. The number of carbonyl (C=O) groups excluding carboxylic acids is 7. The lowest BCUT2D eigenvalue weighted by Crippen LogP contribution is -2.42. The van der Waals surface area contributed by atoms with Crippen molar-refractivity contribution in [2.24, 2.45) is 11.8 Å². The molecule has 0 radical (unpaired) electrons. The van der Waals surface area contributed by atoms with Gasteiger partial charge in [-0.2, -0.15) is 0 Å². The molecule has 2 aliphatic carbocycles. The maximum Gasteiger partial charge on any atom is 0.352 e. The molecule has 0 atom stereocenters. The van der Waals surface area contributed by atoms with E-state index in [-0.39, 0.29) is 49.4 Å². The third-order valence-electron chi connectivity index (χ3n) is 10.2. The molecule has 2 fully saturated rings. The van der Waals surface area contributed by atoms with Gasteiger partial charge in [0.2, 0.25) is 5.91 Å². The van der Waals surface area contributed by atoms with Crippen LogP contribution in [0.3, 0.4) is 0 Å². The average molecular weight is 907 g/mol. The maximum absolute atomic E-state index is 13.2. The number of sulfonamides is 1. The second kappa shape index (κ2) is 20.2. The van der Waals surface area contributed by atoms with Gasteiger partial charge in [-0.1, -0.05) is 53.4 Å². The quantitative estimate of drug-likeness (QED) is 0.0642. The number of hydrogen-bond acceptors (Lipinski definition) is 14. The number of carbonyl (C=O) groups is 7. The number of rotatable bonds is 15. The highest BCUT2D eigenvalue weighted by atomic mass is 32.2. The van der Waals surface area contributed by atoms with Gasteiger partial charge in [0.1, 0.15) is 6.54 Å². The molecule has 2 aromatic heterocycles. The summed E-state index contributed by atoms with van der Waals surface area (Å²) in [5.74, 6) is -3.27. The molecule has 2 aliphatic rings. The number of benzene rings is 2. The molecule has 18 nitrogen and oxygen atoms in total. The number of anilines is 4. The summed E-state index contributed by atoms with van der Waals surface area (Å²) in [6.45, 7) is 2.93. The van der Waals surface area contributed by atoms with Crippen LogP contribution in [0.4, 0.5) is 31.2 Å². The lowest BCUT2D eigenvalue weighted by atomic mass is 9.94. The van der Waals surface area contributed by atoms with Gasteiger partial charge in [-0.05, 0) is 63.8 Å². The van der Waals surface area contributed by atoms with E-state index >= 15 is 0 Å². The Morgan fingerprint density at radius 1 is 0.694 bits per heavy atom. The zero-order valence-electron chi connectivity index (χ0n) is 34.2. The molecule has 0 spiro atoms. The van der Waals surface area contributed by atoms with Crippen LogP contribution in [-0.2, 0) is 42.1 Å². The van der Waals surface area contributed by atoms with Crippen molar-refractivity contribution >= 4 is 95.7 Å². The Hall–Kier alpha value is -6.06. The zero-order valence-corrected chi connectivity index (χ0v) is 36.7. The van der Waals surface area contributed by atoms with Crippen molar-refractivity contribution in [3.05, 3.63) is 80.8 Å². The summed E-state index contributed by atoms with van der Waals surface area (Å²) in [7, 11) is -4.43. The number of ketones is 2. The molecule has 2 aromatic carbocycles. The Balaban J connectivity index is 0.958. The van der Waals surface area contributed by atoms with Gasteiger partial charge in [-0.25, -0.2) is 32.8 Å². The predicted octanol–water partition coefficient (Wildman–Crippen LogP) is 6.40. The van der Waals surface area contributed by atoms with Crippen LogP contribution in [0.25, 0.3) is 0 Å². The van der Waals surface area contributed by atoms with E-state index in [0.717, 1.165) is 85.2 Å². The fraction of sp³-hybridized carbons (Fsp3) is 0.390. The zero-order chi connectivity index (χ0) is 44.6. The van der Waals surface area contributed by atoms with Crippen molar-refractivity contribution in [2.45, 2.75) is 78.1 Å². The summed E-state index contributed by atoms with van der Waals surface area (Å²) in [6, 6.07) is 9.07. The van der Waals surface area contributed by atoms with Gasteiger partial charge in [-0.15, -0.1) is 22.7 Å². The van der Waals surface area contributed by atoms with Gasteiger partial charge in [0, 0.05) is 45.1 Å². The van der Waals surface area contributed by atoms with Gasteiger partial charge in [0.15, 0.2) is 21.8 Å². The lowest BCUT2D eigenvalue weighted by molar-refractivity contribution is -0.177. The van der Waals surface area contributed by atoms with Crippen LogP contribution >= 0.6 is 22.7 Å². The minimum atomic E-state index is -4.43. The van der Waals surface area contributed by atoms with Crippen molar-refractivity contribution in [2.75, 3.05) is 34.1 Å². The molecular weight excluding hydrogens is 861 g/mol. The van der Waals surface area contributed by atoms with E-state index in [0.29, 0.717) is 33.6 Å². The van der Waals surface area contributed by atoms with Crippen molar-refractivity contribution in [3.8, 4) is 0 Å². The monoisotopic (exact) mass is 906 g/mol. The van der Waals surface area contributed by atoms with E-state index in [1.54, 1.807) is 36.4 Å². The molecule has 0 bridgehead atoms. The summed E-state index contributed by atoms with van der Waals surface area (Å²) in [6.07, 6.45) is 9.60. The van der Waals surface area contributed by atoms with Crippen LogP contribution < -0.4 is 26.6 Å². The average Bonchev–Trinajstić information content (AvgIpc) is 4.07. The highest BCUT2D eigenvalue weighted by molar-refractivity contribution is 7.88. The summed E-state index contributed by atoms with van der Waals surface area (Å²) < 4.78 is 24.8. The fourth-order valence-corrected chi connectivity index (χ4v) is 9.44. The van der Waals surface area contributed by atoms with Crippen LogP contribution in [0.1, 0.15) is 93.0 Å². The summed E-state index contributed by atoms with van der Waals surface area (Å²) in [5, 5.41) is 13.1. The van der Waals surface area contributed by atoms with E-state index < -0.39 is 52.8 Å². The Bertz CT molecular complexity index is 2490. The Kier molecular flexibility index (Phi) is 14.8. The molecule has 6 amide bonds. The summed E-state index contributed by atoms with van der Waals surface area (Å²) >= 11 is 1.87. The molecule has 62 heavy (non-hydrogen) atoms. The van der Waals surface area contributed by atoms with Crippen LogP contribution in [0.5, 0.6) is 0 Å². The number of Topliss-reactive ketones (excluding diaryl/α,β-unsaturated/α-hetero) is 2. The van der Waals surface area contributed by atoms with E-state index in [1.807, 2.05) is 13.8 Å². The van der Waals surface area contributed by atoms with Crippen molar-refractivity contribution in [3.63, 3.8) is 0 Å². The van der Waals surface area contributed by atoms with E-state index in [4.69, 9.17) is 4.84 Å². The highest BCUT2D eigenvalue weighted by Crippen LogP contribution is 2.33. The first-order chi connectivity index (χ1) is 29.5. The molecule has 0 saturated heterocycles. The Morgan fingerprint density at radius 2 is 1.15 bits per heavy atom. The summed E-state index contributed by atoms with van der Waals surface area (Å²) in [5.41, 5.74) is 3.33. The molecule has 21 heteroatoms. The molecule has 0 unspecified atom stereocenters. The van der Waals surface area contributed by atoms with Crippen LogP contribution in [0, 0.1) is 25.7 Å². The molecule has 2 heterocycles. The molecular formula is C41H46N8O10S3. The number of hydroxylamine groups is 1. The molecule has 6 rings (SSSR count). The molecule has 2 saturated carbocycles. The Morgan fingerprint density at radius 3 is 1.60 bits per heavy atom. The van der Waals surface area contributed by atoms with Crippen molar-refractivity contribution < 1.29 is 46.8 Å². The van der Waals surface area contributed by atoms with Gasteiger partial charge in [-0.3, -0.25) is 29.8 Å². The number of amides is 6. The smallest absolute Gasteiger partial charge is 0.345 e. The topological polar surface area (TPSA) is 252 Å². The second-order valence-corrected chi connectivity index (χ2v) is 19.2. The molecule has 328 valence electrons. The number of urea groups is 2. The minimum absolute atomic E-state index is 0.00568. The molecule has 4 aromatic rings. The number of aryl methyl sites for hydroxylation is 2. The SMILES string of the molecule is Cc1ccc(NC(=O)Nc2ncc(CC(=O)NCC(=O)ON(C(=O)Cc3cnc(NC(=O)Nc4ccc(C)cc4C(=O)C4CCCC4)s3)S(C)(=O)=O)s2)c(C(=O)C2CCCC2)c1. The largest absolute Gasteiger partial charge is 0.352 e. The van der Waals surface area contributed by atoms with Gasteiger partial charge in [0.25, 0.3) is 15.9 Å². The fourth-order valence-electron chi connectivity index (χ4n) is 7.19. The van der Waals surface area contributed by atoms with E-state index in [1.165, 1.54) is 12.4 Å². The van der Waals surface area contributed by atoms with Crippen LogP contribution in [-0.4, -0.2) is 77.1 Å². The van der Waals surface area contributed by atoms with Gasteiger partial charge >= 0.3 is 18.0 Å². The minimum Gasteiger partial charge on any atom is -0.345 e. The lowest BCUT2D eigenvalue weighted by Gasteiger charge is -2.18. The number of nitrogens with one attached hydrogen (secondary N) is 5. The first-order valence-corrected chi connectivity index (χ1v) is 23.4. The van der Waals surface area contributed by atoms with Gasteiger partial charge in [0.05, 0.1) is 30.5 Å². The Labute approximate surface area is 365 Å². The van der Waals surface area contributed by atoms with Crippen LogP contribution in [0.15, 0.2) is 48.8 Å². The number of thiazole rings is 2. The maximum atomic E-state index is 13.2. The number of aromatic nitrogens is 2. The third kappa shape index (κ3) is 12.3. The normalized spacial score (nSPS) is 14.2.